The quantitative estimate of drug-likeness (QED) is 0.835. The third kappa shape index (κ3) is 6.25. The van der Waals surface area contributed by atoms with Crippen LogP contribution in [0.1, 0.15) is 67.2 Å². The van der Waals surface area contributed by atoms with E-state index < -0.39 is 5.60 Å². The van der Waals surface area contributed by atoms with E-state index in [-0.39, 0.29) is 12.1 Å². The van der Waals surface area contributed by atoms with Crippen LogP contribution in [0.2, 0.25) is 0 Å². The highest BCUT2D eigenvalue weighted by Crippen LogP contribution is 2.40. The van der Waals surface area contributed by atoms with Crippen LogP contribution < -0.4 is 11.1 Å². The summed E-state index contributed by atoms with van der Waals surface area (Å²) in [5, 5.41) is 2.96. The molecule has 1 aliphatic rings. The van der Waals surface area contributed by atoms with Gasteiger partial charge < -0.3 is 15.8 Å². The Bertz CT molecular complexity index is 334. The molecule has 4 heteroatoms. The predicted octanol–water partition coefficient (Wildman–Crippen LogP) is 3.69. The number of ether oxygens (including phenoxy) is 1. The molecule has 1 fully saturated rings. The van der Waals surface area contributed by atoms with Gasteiger partial charge in [-0.15, -0.1) is 0 Å². The van der Waals surface area contributed by atoms with Crippen LogP contribution in [0.4, 0.5) is 4.79 Å². The van der Waals surface area contributed by atoms with Crippen LogP contribution in [-0.4, -0.2) is 24.3 Å². The van der Waals surface area contributed by atoms with Crippen molar-refractivity contribution in [3.63, 3.8) is 0 Å². The van der Waals surface area contributed by atoms with Crippen molar-refractivity contribution in [2.24, 2.45) is 23.0 Å². The van der Waals surface area contributed by atoms with Gasteiger partial charge in [0.15, 0.2) is 0 Å². The summed E-state index contributed by atoms with van der Waals surface area (Å²) in [6.07, 6.45) is 4.37. The fraction of sp³-hybridized carbons (Fsp3) is 0.941. The van der Waals surface area contributed by atoms with Crippen LogP contribution in [0, 0.1) is 17.3 Å². The number of carbonyl (C=O) groups is 1. The molecule has 0 aromatic rings. The second kappa shape index (κ2) is 6.99. The molecular formula is C17H34N2O2. The summed E-state index contributed by atoms with van der Waals surface area (Å²) in [7, 11) is 0. The Balaban J connectivity index is 2.50. The monoisotopic (exact) mass is 298 g/mol. The van der Waals surface area contributed by atoms with Crippen LogP contribution in [0.15, 0.2) is 0 Å². The standard InChI is InChI=1S/C17H34N2O2/c1-16(2,3)13-9-7-12(8-10-13)14(11-18)19-15(20)21-17(4,5)6/h12-14H,7-11,18H2,1-6H3,(H,19,20). The van der Waals surface area contributed by atoms with Gasteiger partial charge in [0.25, 0.3) is 0 Å². The van der Waals surface area contributed by atoms with E-state index in [0.717, 1.165) is 18.8 Å². The molecule has 0 heterocycles. The molecule has 0 radical (unpaired) electrons. The molecule has 1 amide bonds. The van der Waals surface area contributed by atoms with Crippen LogP contribution >= 0.6 is 0 Å². The minimum absolute atomic E-state index is 0.0285. The Labute approximate surface area is 130 Å². The lowest BCUT2D eigenvalue weighted by Gasteiger charge is -2.39. The molecule has 124 valence electrons. The Morgan fingerprint density at radius 2 is 1.67 bits per heavy atom. The van der Waals surface area contributed by atoms with Gasteiger partial charge in [-0.25, -0.2) is 4.79 Å². The summed E-state index contributed by atoms with van der Waals surface area (Å²) < 4.78 is 5.33. The highest BCUT2D eigenvalue weighted by atomic mass is 16.6. The Morgan fingerprint density at radius 1 is 1.14 bits per heavy atom. The number of hydrogen-bond donors (Lipinski definition) is 2. The summed E-state index contributed by atoms with van der Waals surface area (Å²) in [6.45, 7) is 13.0. The maximum absolute atomic E-state index is 11.9. The van der Waals surface area contributed by atoms with Crippen molar-refractivity contribution >= 4 is 6.09 Å². The minimum atomic E-state index is -0.465. The van der Waals surface area contributed by atoms with Gasteiger partial charge in [0.1, 0.15) is 5.60 Å². The lowest BCUT2D eigenvalue weighted by atomic mass is 9.68. The van der Waals surface area contributed by atoms with E-state index in [9.17, 15) is 4.79 Å². The first-order chi connectivity index (χ1) is 9.53. The molecule has 0 aromatic heterocycles. The maximum Gasteiger partial charge on any atom is 0.407 e. The highest BCUT2D eigenvalue weighted by Gasteiger charge is 2.33. The molecule has 0 aromatic carbocycles. The summed E-state index contributed by atoms with van der Waals surface area (Å²) in [6, 6.07) is 0.0285. The number of carbonyl (C=O) groups excluding carboxylic acids is 1. The normalized spacial score (nSPS) is 25.3. The van der Waals surface area contributed by atoms with E-state index in [0.29, 0.717) is 17.9 Å². The molecule has 1 aliphatic carbocycles. The van der Waals surface area contributed by atoms with Gasteiger partial charge in [-0.1, -0.05) is 20.8 Å². The molecule has 1 rings (SSSR count). The molecule has 3 N–H and O–H groups in total. The first-order valence-electron chi connectivity index (χ1n) is 8.22. The summed E-state index contributed by atoms with van der Waals surface area (Å²) in [5.74, 6) is 1.25. The molecule has 21 heavy (non-hydrogen) atoms. The van der Waals surface area contributed by atoms with Gasteiger partial charge in [-0.3, -0.25) is 0 Å². The first-order valence-corrected chi connectivity index (χ1v) is 8.22. The molecule has 1 unspecified atom stereocenters. The van der Waals surface area contributed by atoms with Gasteiger partial charge in [0, 0.05) is 12.6 Å². The average molecular weight is 298 g/mol. The van der Waals surface area contributed by atoms with E-state index in [4.69, 9.17) is 10.5 Å². The van der Waals surface area contributed by atoms with Gasteiger partial charge in [0.05, 0.1) is 0 Å². The van der Waals surface area contributed by atoms with Crippen molar-refractivity contribution in [3.8, 4) is 0 Å². The maximum atomic E-state index is 11.9. The van der Waals surface area contributed by atoms with E-state index in [1.807, 2.05) is 20.8 Å². The average Bonchev–Trinajstić information content (AvgIpc) is 2.33. The van der Waals surface area contributed by atoms with Gasteiger partial charge >= 0.3 is 6.09 Å². The molecule has 0 saturated heterocycles. The smallest absolute Gasteiger partial charge is 0.407 e. The molecule has 0 bridgehead atoms. The number of nitrogens with two attached hydrogens (primary N) is 1. The van der Waals surface area contributed by atoms with Crippen molar-refractivity contribution in [1.29, 1.82) is 0 Å². The molecule has 4 nitrogen and oxygen atoms in total. The van der Waals surface area contributed by atoms with Crippen molar-refractivity contribution in [3.05, 3.63) is 0 Å². The summed E-state index contributed by atoms with van der Waals surface area (Å²) in [4.78, 5) is 11.9. The summed E-state index contributed by atoms with van der Waals surface area (Å²) in [5.41, 5.74) is 5.78. The largest absolute Gasteiger partial charge is 0.444 e. The second-order valence-electron chi connectivity index (χ2n) is 8.47. The van der Waals surface area contributed by atoms with Crippen LogP contribution in [0.3, 0.4) is 0 Å². The zero-order valence-corrected chi connectivity index (χ0v) is 14.7. The van der Waals surface area contributed by atoms with Crippen LogP contribution in [0.5, 0.6) is 0 Å². The van der Waals surface area contributed by atoms with Crippen molar-refractivity contribution < 1.29 is 9.53 Å². The zero-order valence-electron chi connectivity index (χ0n) is 14.7. The fourth-order valence-corrected chi connectivity index (χ4v) is 3.22. The van der Waals surface area contributed by atoms with Crippen LogP contribution in [0.25, 0.3) is 0 Å². The fourth-order valence-electron chi connectivity index (χ4n) is 3.22. The molecular weight excluding hydrogens is 264 g/mol. The highest BCUT2D eigenvalue weighted by molar-refractivity contribution is 5.68. The Kier molecular flexibility index (Phi) is 6.09. The van der Waals surface area contributed by atoms with Crippen molar-refractivity contribution in [2.75, 3.05) is 6.54 Å². The first kappa shape index (κ1) is 18.3. The Hall–Kier alpha value is -0.770. The molecule has 0 aliphatic heterocycles. The predicted molar refractivity (Wildman–Crippen MR) is 87.1 cm³/mol. The lowest BCUT2D eigenvalue weighted by molar-refractivity contribution is 0.0464. The van der Waals surface area contributed by atoms with Gasteiger partial charge in [-0.2, -0.15) is 0 Å². The second-order valence-corrected chi connectivity index (χ2v) is 8.47. The van der Waals surface area contributed by atoms with Gasteiger partial charge in [-0.05, 0) is 63.7 Å². The zero-order chi connectivity index (χ0) is 16.3. The van der Waals surface area contributed by atoms with E-state index >= 15 is 0 Å². The third-order valence-corrected chi connectivity index (χ3v) is 4.52. The van der Waals surface area contributed by atoms with Crippen LogP contribution in [-0.2, 0) is 4.74 Å². The van der Waals surface area contributed by atoms with Gasteiger partial charge in [0.2, 0.25) is 0 Å². The number of amides is 1. The molecule has 0 spiro atoms. The van der Waals surface area contributed by atoms with E-state index in [1.54, 1.807) is 0 Å². The minimum Gasteiger partial charge on any atom is -0.444 e. The van der Waals surface area contributed by atoms with E-state index in [2.05, 4.69) is 26.1 Å². The van der Waals surface area contributed by atoms with Crippen molar-refractivity contribution in [1.82, 2.24) is 5.32 Å². The SMILES string of the molecule is CC(C)(C)OC(=O)NC(CN)C1CCC(C(C)(C)C)CC1. The molecule has 1 atom stereocenters. The lowest BCUT2D eigenvalue weighted by Crippen LogP contribution is -2.48. The Morgan fingerprint density at radius 3 is 2.05 bits per heavy atom. The number of hydrogen-bond acceptors (Lipinski definition) is 3. The third-order valence-electron chi connectivity index (χ3n) is 4.52. The van der Waals surface area contributed by atoms with E-state index in [1.165, 1.54) is 12.8 Å². The van der Waals surface area contributed by atoms with Crippen molar-refractivity contribution in [2.45, 2.75) is 78.9 Å². The number of nitrogens with one attached hydrogen (secondary N) is 1. The molecule has 1 saturated carbocycles. The number of alkyl carbamates (subject to hydrolysis) is 1. The topological polar surface area (TPSA) is 64.3 Å². The summed E-state index contributed by atoms with van der Waals surface area (Å²) >= 11 is 0. The number of rotatable bonds is 3.